The first-order chi connectivity index (χ1) is 6.00. The summed E-state index contributed by atoms with van der Waals surface area (Å²) in [5.74, 6) is 0. The molecule has 0 heterocycles. The minimum absolute atomic E-state index is 0. The van der Waals surface area contributed by atoms with Gasteiger partial charge in [0.1, 0.15) is 0 Å². The van der Waals surface area contributed by atoms with Crippen molar-refractivity contribution in [1.82, 2.24) is 0 Å². The number of hydrogen-bond acceptors (Lipinski definition) is 6. The number of hydrogen-bond donors (Lipinski definition) is 6. The maximum atomic E-state index is 8.74. The van der Waals surface area contributed by atoms with Crippen LogP contribution in [0.3, 0.4) is 0 Å². The molecule has 0 fully saturated rings. The predicted molar refractivity (Wildman–Crippen MR) is 71.4 cm³/mol. The van der Waals surface area contributed by atoms with Crippen molar-refractivity contribution in [2.75, 3.05) is 0 Å². The Hall–Kier alpha value is 1.78. The third-order valence-electron chi connectivity index (χ3n) is 0. The monoisotopic (exact) mass is 770 g/mol. The molecule has 22 N–H and O–H groups in total. The standard InChI is InChI=1S/2Er.3H2O4S.8H2O/c;;3*1-5(2,3)4;;;;;;;;/h;;3*(H2,1,2,3,4);8*1H2. The van der Waals surface area contributed by atoms with Gasteiger partial charge in [-0.3, -0.25) is 27.3 Å². The quantitative estimate of drug-likeness (QED) is 0.125. The summed E-state index contributed by atoms with van der Waals surface area (Å²) in [6.45, 7) is 0. The van der Waals surface area contributed by atoms with E-state index in [-0.39, 0.29) is 118 Å². The Morgan fingerprint density at radius 2 is 0.320 bits per heavy atom. The summed E-state index contributed by atoms with van der Waals surface area (Å²) < 4.78 is 94.8. The van der Waals surface area contributed by atoms with E-state index in [0.29, 0.717) is 0 Å². The zero-order valence-corrected chi connectivity index (χ0v) is 17.1. The first-order valence-corrected chi connectivity index (χ1v) is 6.29. The molecule has 20 nitrogen and oxygen atoms in total. The molecule has 0 atom stereocenters. The van der Waals surface area contributed by atoms with Crippen LogP contribution in [0.25, 0.3) is 0 Å². The van der Waals surface area contributed by atoms with Crippen molar-refractivity contribution in [3.8, 4) is 0 Å². The van der Waals surface area contributed by atoms with Gasteiger partial charge in [-0.2, -0.15) is 25.3 Å². The molecule has 0 aromatic carbocycles. The van der Waals surface area contributed by atoms with Gasteiger partial charge in [0.05, 0.1) is 0 Å². The summed E-state index contributed by atoms with van der Waals surface area (Å²) in [5, 5.41) is 0. The van der Waals surface area contributed by atoms with E-state index in [0.717, 1.165) is 0 Å². The van der Waals surface area contributed by atoms with Gasteiger partial charge in [-0.15, -0.1) is 0 Å². The van der Waals surface area contributed by atoms with Gasteiger partial charge in [-0.05, 0) is 0 Å². The Morgan fingerprint density at radius 3 is 0.320 bits per heavy atom. The van der Waals surface area contributed by atoms with Gasteiger partial charge in [0, 0.05) is 74.6 Å². The molecule has 0 aliphatic rings. The largest absolute Gasteiger partial charge is 0.412 e. The van der Waals surface area contributed by atoms with Crippen molar-refractivity contribution in [1.29, 1.82) is 0 Å². The summed E-state index contributed by atoms with van der Waals surface area (Å²) in [6.07, 6.45) is 0. The van der Waals surface area contributed by atoms with Crippen LogP contribution in [0.2, 0.25) is 0 Å². The minimum atomic E-state index is -4.67. The van der Waals surface area contributed by atoms with Crippen LogP contribution < -0.4 is 0 Å². The maximum absolute atomic E-state index is 8.74. The molecular formula is H22Er2O20S3. The van der Waals surface area contributed by atoms with E-state index >= 15 is 0 Å². The molecule has 0 aliphatic carbocycles. The van der Waals surface area contributed by atoms with Crippen molar-refractivity contribution < 1.29 is 171 Å². The Bertz CT molecular complexity index is 344. The topological polar surface area (TPSA) is 476 Å². The van der Waals surface area contributed by atoms with Crippen molar-refractivity contribution >= 4 is 31.2 Å². The van der Waals surface area contributed by atoms with Crippen LogP contribution in [-0.2, 0) is 31.2 Å². The molecule has 0 aromatic rings. The molecular weight excluding hydrogens is 751 g/mol. The second kappa shape index (κ2) is 40.5. The first-order valence-electron chi connectivity index (χ1n) is 2.10. The maximum Gasteiger partial charge on any atom is 0.394 e. The smallest absolute Gasteiger partial charge is 0.394 e. The van der Waals surface area contributed by atoms with Crippen molar-refractivity contribution in [3.63, 3.8) is 0 Å². The molecule has 25 heteroatoms. The molecule has 0 amide bonds. The molecule has 0 spiro atoms. The molecule has 0 radical (unpaired) electrons. The average Bonchev–Trinajstić information content (AvgIpc) is 1.41. The minimum Gasteiger partial charge on any atom is -0.412 e. The zero-order chi connectivity index (χ0) is 13.5. The molecule has 0 saturated heterocycles. The molecule has 0 rings (SSSR count). The van der Waals surface area contributed by atoms with Crippen LogP contribution >= 0.6 is 0 Å². The fourth-order valence-corrected chi connectivity index (χ4v) is 0. The van der Waals surface area contributed by atoms with Crippen LogP contribution in [0, 0.1) is 74.6 Å². The molecule has 0 saturated carbocycles. The van der Waals surface area contributed by atoms with Gasteiger partial charge < -0.3 is 43.8 Å². The van der Waals surface area contributed by atoms with Crippen molar-refractivity contribution in [2.45, 2.75) is 0 Å². The van der Waals surface area contributed by atoms with E-state index in [2.05, 4.69) is 0 Å². The van der Waals surface area contributed by atoms with Crippen LogP contribution in [-0.4, -0.2) is 96.4 Å². The van der Waals surface area contributed by atoms with Gasteiger partial charge in [0.15, 0.2) is 0 Å². The first kappa shape index (κ1) is 93.7. The Kier molecular flexibility index (Phi) is 152. The fraction of sp³-hybridized carbons (Fsp3) is 0. The Labute approximate surface area is 200 Å². The SMILES string of the molecule is O.O.O.O.O.O.O.O.O=S(=O)(O)O.O=S(=O)(O)O.O=S(=O)(O)O.[Er].[Er]. The van der Waals surface area contributed by atoms with Crippen LogP contribution in [0.1, 0.15) is 0 Å². The summed E-state index contributed by atoms with van der Waals surface area (Å²) in [4.78, 5) is 0. The second-order valence-electron chi connectivity index (χ2n) is 1.34. The van der Waals surface area contributed by atoms with E-state index in [4.69, 9.17) is 52.6 Å². The molecule has 184 valence electrons. The molecule has 0 unspecified atom stereocenters. The van der Waals surface area contributed by atoms with Gasteiger partial charge in [0.25, 0.3) is 0 Å². The second-order valence-corrected chi connectivity index (χ2v) is 4.03. The van der Waals surface area contributed by atoms with E-state index in [9.17, 15) is 0 Å². The molecule has 0 aromatic heterocycles. The summed E-state index contributed by atoms with van der Waals surface area (Å²) in [5.41, 5.74) is 0. The Morgan fingerprint density at radius 1 is 0.320 bits per heavy atom. The van der Waals surface area contributed by atoms with Gasteiger partial charge in [-0.25, -0.2) is 0 Å². The summed E-state index contributed by atoms with van der Waals surface area (Å²) in [7, 11) is -14.0. The average molecular weight is 773 g/mol. The normalized spacial score (nSPS) is 6.96. The van der Waals surface area contributed by atoms with E-state index in [1.54, 1.807) is 0 Å². The van der Waals surface area contributed by atoms with E-state index in [1.165, 1.54) is 0 Å². The van der Waals surface area contributed by atoms with Gasteiger partial charge >= 0.3 is 31.2 Å². The van der Waals surface area contributed by atoms with E-state index in [1.807, 2.05) is 0 Å². The van der Waals surface area contributed by atoms with Crippen LogP contribution in [0.4, 0.5) is 0 Å². The summed E-state index contributed by atoms with van der Waals surface area (Å²) in [6, 6.07) is 0. The fourth-order valence-electron chi connectivity index (χ4n) is 0. The zero-order valence-electron chi connectivity index (χ0n) is 10.9. The van der Waals surface area contributed by atoms with Crippen molar-refractivity contribution in [2.24, 2.45) is 0 Å². The molecule has 25 heavy (non-hydrogen) atoms. The van der Waals surface area contributed by atoms with Gasteiger partial charge in [-0.1, -0.05) is 0 Å². The van der Waals surface area contributed by atoms with Crippen LogP contribution in [0.5, 0.6) is 0 Å². The molecule has 0 bridgehead atoms. The molecule has 0 aliphatic heterocycles. The predicted octanol–water partition coefficient (Wildman–Crippen LogP) is -8.56. The van der Waals surface area contributed by atoms with E-state index < -0.39 is 31.2 Å². The Balaban J connectivity index is -0.00000000655. The summed E-state index contributed by atoms with van der Waals surface area (Å²) >= 11 is 0. The van der Waals surface area contributed by atoms with Crippen LogP contribution in [0.15, 0.2) is 0 Å². The number of rotatable bonds is 0. The van der Waals surface area contributed by atoms with Gasteiger partial charge in [0.2, 0.25) is 0 Å². The van der Waals surface area contributed by atoms with Crippen molar-refractivity contribution in [3.05, 3.63) is 0 Å². The third kappa shape index (κ3) is 4590. The third-order valence-corrected chi connectivity index (χ3v) is 0.